The Morgan fingerprint density at radius 2 is 1.91 bits per heavy atom. The molecule has 0 aromatic carbocycles. The number of carbonyl (C=O) groups excluding carboxylic acids is 3. The molecule has 1 aliphatic carbocycles. The fourth-order valence-electron chi connectivity index (χ4n) is 6.93. The predicted octanol–water partition coefficient (Wildman–Crippen LogP) is 4.69. The van der Waals surface area contributed by atoms with E-state index in [1.165, 1.54) is 0 Å². The van der Waals surface area contributed by atoms with Crippen LogP contribution in [0.3, 0.4) is 0 Å². The fourth-order valence-corrected chi connectivity index (χ4v) is 6.93. The number of hydrogen-bond donors (Lipinski definition) is 2. The summed E-state index contributed by atoms with van der Waals surface area (Å²) in [6.45, 7) is 12.4. The third-order valence-electron chi connectivity index (χ3n) is 9.39. The molecule has 4 heterocycles. The molecule has 1 saturated heterocycles. The van der Waals surface area contributed by atoms with E-state index in [2.05, 4.69) is 70.8 Å². The average molecular weight is 609 g/mol. The summed E-state index contributed by atoms with van der Waals surface area (Å²) in [5.74, 6) is 0.257. The smallest absolute Gasteiger partial charge is 0.253 e. The second-order valence-electron chi connectivity index (χ2n) is 12.4. The first-order valence-electron chi connectivity index (χ1n) is 15.9. The van der Waals surface area contributed by atoms with Crippen molar-refractivity contribution >= 4 is 30.1 Å². The summed E-state index contributed by atoms with van der Waals surface area (Å²) in [4.78, 5) is 52.3. The van der Waals surface area contributed by atoms with Crippen LogP contribution >= 0.6 is 0 Å². The van der Waals surface area contributed by atoms with E-state index in [0.717, 1.165) is 60.3 Å². The molecular weight excluding hydrogens is 564 g/mol. The number of piperidine rings is 1. The Hall–Kier alpha value is -4.37. The number of carbonyl (C=O) groups is 3. The molecule has 0 spiro atoms. The Bertz CT molecular complexity index is 1510. The molecule has 2 aromatic heterocycles. The van der Waals surface area contributed by atoms with Gasteiger partial charge in [-0.3, -0.25) is 19.4 Å². The maximum atomic E-state index is 13.8. The highest BCUT2D eigenvalue weighted by atomic mass is 16.2. The molecule has 9 heteroatoms. The van der Waals surface area contributed by atoms with Gasteiger partial charge in [-0.05, 0) is 92.9 Å². The first-order chi connectivity index (χ1) is 21.8. The van der Waals surface area contributed by atoms with Crippen LogP contribution in [0.1, 0.15) is 71.3 Å². The largest absolute Gasteiger partial charge is 0.340 e. The lowest BCUT2D eigenvalue weighted by molar-refractivity contribution is -0.140. The summed E-state index contributed by atoms with van der Waals surface area (Å²) in [6.07, 6.45) is 18.5. The topological polar surface area (TPSA) is 108 Å². The summed E-state index contributed by atoms with van der Waals surface area (Å²) < 4.78 is 0. The lowest BCUT2D eigenvalue weighted by Crippen LogP contribution is -2.59. The number of anilines is 1. The van der Waals surface area contributed by atoms with Crippen molar-refractivity contribution in [2.24, 2.45) is 5.92 Å². The van der Waals surface area contributed by atoms with Crippen molar-refractivity contribution < 1.29 is 14.4 Å². The molecule has 7 bridgehead atoms. The van der Waals surface area contributed by atoms with Crippen LogP contribution in [0.2, 0.25) is 0 Å². The maximum absolute atomic E-state index is 13.8. The molecule has 3 aliphatic rings. The molecule has 4 atom stereocenters. The third-order valence-corrected chi connectivity index (χ3v) is 9.39. The molecule has 2 aromatic rings. The lowest BCUT2D eigenvalue weighted by Gasteiger charge is -2.43. The van der Waals surface area contributed by atoms with E-state index >= 15 is 0 Å². The van der Waals surface area contributed by atoms with E-state index in [1.54, 1.807) is 18.5 Å². The van der Waals surface area contributed by atoms with Crippen LogP contribution in [0, 0.1) is 5.92 Å². The number of nitrogens with zero attached hydrogens (tertiary/aromatic N) is 4. The average Bonchev–Trinajstić information content (AvgIpc) is 3.46. The number of amides is 3. The molecule has 0 saturated carbocycles. The number of likely N-dealkylation sites (N-methyl/N-ethyl adjacent to an activating group) is 1. The SMILES string of the molecule is C=C/C=C(\C=C)C1CC2NC(=O)c3cnc4c(c3)C[C@H](C4)c3cc(cnc3NC=O)/C=C/CN(C)CCCCCN(C2=O)C1C. The normalized spacial score (nSPS) is 25.5. The van der Waals surface area contributed by atoms with Crippen LogP contribution in [0.5, 0.6) is 0 Å². The van der Waals surface area contributed by atoms with Crippen molar-refractivity contribution in [3.63, 3.8) is 0 Å². The van der Waals surface area contributed by atoms with E-state index in [4.69, 9.17) is 0 Å². The van der Waals surface area contributed by atoms with Gasteiger partial charge in [-0.1, -0.05) is 50.0 Å². The van der Waals surface area contributed by atoms with Crippen molar-refractivity contribution in [3.8, 4) is 0 Å². The van der Waals surface area contributed by atoms with E-state index < -0.39 is 6.04 Å². The number of pyridine rings is 2. The van der Waals surface area contributed by atoms with E-state index in [-0.39, 0.29) is 29.7 Å². The first-order valence-corrected chi connectivity index (χ1v) is 15.9. The monoisotopic (exact) mass is 608 g/mol. The maximum Gasteiger partial charge on any atom is 0.253 e. The zero-order valence-corrected chi connectivity index (χ0v) is 26.4. The molecule has 9 nitrogen and oxygen atoms in total. The van der Waals surface area contributed by atoms with Gasteiger partial charge in [0.1, 0.15) is 11.9 Å². The van der Waals surface area contributed by atoms with Crippen molar-refractivity contribution in [1.82, 2.24) is 25.1 Å². The van der Waals surface area contributed by atoms with Crippen LogP contribution in [0.25, 0.3) is 6.08 Å². The molecule has 1 fully saturated rings. The van der Waals surface area contributed by atoms with Gasteiger partial charge in [0.2, 0.25) is 12.3 Å². The Morgan fingerprint density at radius 3 is 2.69 bits per heavy atom. The number of fused-ring (bicyclic) bond motifs is 7. The van der Waals surface area contributed by atoms with Crippen molar-refractivity contribution in [1.29, 1.82) is 0 Å². The number of allylic oxidation sites excluding steroid dienone is 3. The van der Waals surface area contributed by atoms with Crippen molar-refractivity contribution in [2.75, 3.05) is 32.0 Å². The summed E-state index contributed by atoms with van der Waals surface area (Å²) in [5, 5.41) is 5.81. The Labute approximate surface area is 266 Å². The Balaban J connectivity index is 1.46. The minimum absolute atomic E-state index is 0.0180. The zero-order chi connectivity index (χ0) is 31.9. The van der Waals surface area contributed by atoms with E-state index in [0.29, 0.717) is 43.6 Å². The zero-order valence-electron chi connectivity index (χ0n) is 26.4. The van der Waals surface area contributed by atoms with Crippen LogP contribution < -0.4 is 10.6 Å². The van der Waals surface area contributed by atoms with Crippen molar-refractivity contribution in [3.05, 3.63) is 95.5 Å². The number of nitrogens with one attached hydrogen (secondary N) is 2. The van der Waals surface area contributed by atoms with Gasteiger partial charge in [0.25, 0.3) is 5.91 Å². The highest BCUT2D eigenvalue weighted by Crippen LogP contribution is 2.37. The number of hydrogen-bond acceptors (Lipinski definition) is 6. The van der Waals surface area contributed by atoms with Gasteiger partial charge in [0, 0.05) is 43.1 Å². The van der Waals surface area contributed by atoms with Crippen LogP contribution in [0.4, 0.5) is 5.82 Å². The van der Waals surface area contributed by atoms with Crippen LogP contribution in [0.15, 0.2) is 67.6 Å². The molecular formula is C36H44N6O3. The second-order valence-corrected chi connectivity index (χ2v) is 12.4. The molecule has 0 radical (unpaired) electrons. The fraction of sp³-hybridized carbons (Fsp3) is 0.417. The minimum atomic E-state index is -0.658. The summed E-state index contributed by atoms with van der Waals surface area (Å²) in [7, 11) is 2.11. The van der Waals surface area contributed by atoms with Gasteiger partial charge in [0.15, 0.2) is 0 Å². The number of rotatable bonds is 5. The third kappa shape index (κ3) is 7.31. The molecule has 3 unspecified atom stereocenters. The Kier molecular flexibility index (Phi) is 10.4. The summed E-state index contributed by atoms with van der Waals surface area (Å²) in [5.41, 5.74) is 5.27. The van der Waals surface area contributed by atoms with Gasteiger partial charge in [-0.25, -0.2) is 4.98 Å². The summed E-state index contributed by atoms with van der Waals surface area (Å²) >= 11 is 0. The quantitative estimate of drug-likeness (QED) is 0.377. The lowest BCUT2D eigenvalue weighted by atomic mass is 9.81. The second kappa shape index (κ2) is 14.6. The van der Waals surface area contributed by atoms with E-state index in [9.17, 15) is 14.4 Å². The molecule has 3 amide bonds. The molecule has 2 N–H and O–H groups in total. The summed E-state index contributed by atoms with van der Waals surface area (Å²) in [6, 6.07) is 3.29. The van der Waals surface area contributed by atoms with Crippen LogP contribution in [-0.4, -0.2) is 76.8 Å². The highest BCUT2D eigenvalue weighted by molar-refractivity contribution is 5.97. The Morgan fingerprint density at radius 1 is 1.09 bits per heavy atom. The van der Waals surface area contributed by atoms with Gasteiger partial charge in [-0.2, -0.15) is 0 Å². The van der Waals surface area contributed by atoms with Gasteiger partial charge >= 0.3 is 0 Å². The van der Waals surface area contributed by atoms with Crippen molar-refractivity contribution in [2.45, 2.75) is 63.5 Å². The molecule has 236 valence electrons. The van der Waals surface area contributed by atoms with E-state index in [1.807, 2.05) is 23.1 Å². The number of aromatic nitrogens is 2. The van der Waals surface area contributed by atoms with Gasteiger partial charge < -0.3 is 20.4 Å². The highest BCUT2D eigenvalue weighted by Gasteiger charge is 2.41. The van der Waals surface area contributed by atoms with Gasteiger partial charge in [-0.15, -0.1) is 0 Å². The first kappa shape index (κ1) is 32.0. The minimum Gasteiger partial charge on any atom is -0.340 e. The van der Waals surface area contributed by atoms with Gasteiger partial charge in [0.05, 0.1) is 5.56 Å². The molecule has 45 heavy (non-hydrogen) atoms. The van der Waals surface area contributed by atoms with Crippen LogP contribution in [-0.2, 0) is 22.4 Å². The standard InChI is InChI=1S/C36H44N6O3/c1-5-11-26(6-2)30-20-33-36(45)42(24(30)3)15-9-7-8-13-41(4)14-10-12-25-16-31(34(38-21-25)39-23-43)27-17-28-18-29(35(44)40-33)22-37-32(28)19-27/h5-6,10-12,16,18,21-24,27,30,33H,1-2,7-9,13-15,17,19-20H2,3-4H3,(H,40,44)(H,38,39,43)/b12-10+,26-11+/t24?,27-,30?,33?/m1/s1. The predicted molar refractivity (Wildman–Crippen MR) is 178 cm³/mol. The molecule has 2 aliphatic heterocycles. The molecule has 5 rings (SSSR count).